The van der Waals surface area contributed by atoms with Crippen molar-refractivity contribution in [3.8, 4) is 11.5 Å². The average molecular weight is 482 g/mol. The van der Waals surface area contributed by atoms with E-state index in [4.69, 9.17) is 21.1 Å². The van der Waals surface area contributed by atoms with E-state index in [-0.39, 0.29) is 18.4 Å². The lowest BCUT2D eigenvalue weighted by molar-refractivity contribution is -0.129. The summed E-state index contributed by atoms with van der Waals surface area (Å²) in [6.45, 7) is 1.82. The quantitative estimate of drug-likeness (QED) is 0.590. The number of aryl methyl sites for hydroxylation is 1. The van der Waals surface area contributed by atoms with Crippen molar-refractivity contribution in [2.24, 2.45) is 0 Å². The van der Waals surface area contributed by atoms with E-state index in [0.29, 0.717) is 27.8 Å². The Morgan fingerprint density at radius 1 is 1.21 bits per heavy atom. The Kier molecular flexibility index (Phi) is 8.10. The van der Waals surface area contributed by atoms with E-state index in [2.05, 4.69) is 21.2 Å². The maximum Gasteiger partial charge on any atom is 0.246 e. The van der Waals surface area contributed by atoms with Crippen molar-refractivity contribution in [1.29, 1.82) is 0 Å². The molecule has 0 radical (unpaired) electrons. The smallest absolute Gasteiger partial charge is 0.246 e. The normalized spacial score (nSPS) is 10.7. The van der Waals surface area contributed by atoms with E-state index in [1.54, 1.807) is 31.3 Å². The highest BCUT2D eigenvalue weighted by Gasteiger charge is 2.13. The van der Waals surface area contributed by atoms with Crippen LogP contribution in [0.3, 0.4) is 0 Å². The number of anilines is 1. The lowest BCUT2D eigenvalue weighted by Gasteiger charge is -2.16. The number of methoxy groups -OCH3 is 2. The minimum atomic E-state index is -0.321. The van der Waals surface area contributed by atoms with Gasteiger partial charge in [-0.2, -0.15) is 0 Å². The van der Waals surface area contributed by atoms with E-state index in [1.165, 1.54) is 25.2 Å². The van der Waals surface area contributed by atoms with Gasteiger partial charge in [-0.3, -0.25) is 9.59 Å². The molecule has 0 aliphatic heterocycles. The lowest BCUT2D eigenvalue weighted by Crippen LogP contribution is -2.34. The van der Waals surface area contributed by atoms with E-state index < -0.39 is 0 Å². The van der Waals surface area contributed by atoms with Gasteiger partial charge in [-0.05, 0) is 54.5 Å². The van der Waals surface area contributed by atoms with Crippen LogP contribution in [0.2, 0.25) is 5.02 Å². The number of carbonyl (C=O) groups is 2. The fourth-order valence-corrected chi connectivity index (χ4v) is 3.35. The first-order valence-corrected chi connectivity index (χ1v) is 9.83. The predicted octanol–water partition coefficient (Wildman–Crippen LogP) is 4.54. The number of benzene rings is 2. The molecule has 0 fully saturated rings. The molecule has 8 heteroatoms. The predicted molar refractivity (Wildman–Crippen MR) is 119 cm³/mol. The molecule has 0 aliphatic carbocycles. The summed E-state index contributed by atoms with van der Waals surface area (Å²) < 4.78 is 11.4. The molecule has 2 aromatic carbocycles. The third kappa shape index (κ3) is 6.24. The van der Waals surface area contributed by atoms with Crippen LogP contribution < -0.4 is 14.8 Å². The second-order valence-corrected chi connectivity index (χ2v) is 7.60. The molecule has 0 aromatic heterocycles. The van der Waals surface area contributed by atoms with Gasteiger partial charge >= 0.3 is 0 Å². The molecule has 6 nitrogen and oxygen atoms in total. The fourth-order valence-electron chi connectivity index (χ4n) is 2.58. The third-order valence-electron chi connectivity index (χ3n) is 4.09. The summed E-state index contributed by atoms with van der Waals surface area (Å²) in [5.74, 6) is 0.284. The number of halogens is 2. The zero-order valence-corrected chi connectivity index (χ0v) is 18.9. The zero-order valence-electron chi connectivity index (χ0n) is 16.6. The van der Waals surface area contributed by atoms with Crippen LogP contribution in [0.1, 0.15) is 11.1 Å². The minimum Gasteiger partial charge on any atom is -0.493 e. The number of rotatable bonds is 7. The standard InChI is InChI=1S/C21H22BrClN2O4/c1-13-9-15(22)6-7-17(13)24-19(26)12-25(2)20(27)8-5-14-10-16(23)21(29-4)18(11-14)28-3/h5-11H,12H2,1-4H3,(H,24,26). The Labute approximate surface area is 183 Å². The van der Waals surface area contributed by atoms with Crippen LogP contribution in [-0.4, -0.2) is 44.5 Å². The first kappa shape index (κ1) is 22.8. The third-order valence-corrected chi connectivity index (χ3v) is 4.87. The number of carbonyl (C=O) groups excluding carboxylic acids is 2. The highest BCUT2D eigenvalue weighted by atomic mass is 79.9. The van der Waals surface area contributed by atoms with Gasteiger partial charge in [-0.25, -0.2) is 0 Å². The molecule has 0 heterocycles. The number of hydrogen-bond donors (Lipinski definition) is 1. The van der Waals surface area contributed by atoms with Gasteiger partial charge in [-0.15, -0.1) is 0 Å². The second kappa shape index (κ2) is 10.3. The van der Waals surface area contributed by atoms with Gasteiger partial charge in [0.1, 0.15) is 0 Å². The minimum absolute atomic E-state index is 0.0780. The second-order valence-electron chi connectivity index (χ2n) is 6.27. The Bertz CT molecular complexity index is 947. The van der Waals surface area contributed by atoms with Crippen molar-refractivity contribution in [2.45, 2.75) is 6.92 Å². The highest BCUT2D eigenvalue weighted by Crippen LogP contribution is 2.36. The lowest BCUT2D eigenvalue weighted by atomic mass is 10.2. The monoisotopic (exact) mass is 480 g/mol. The van der Waals surface area contributed by atoms with E-state index in [9.17, 15) is 9.59 Å². The molecule has 0 saturated carbocycles. The number of nitrogens with one attached hydrogen (secondary N) is 1. The number of likely N-dealkylation sites (N-methyl/N-ethyl adjacent to an activating group) is 1. The Morgan fingerprint density at radius 3 is 2.55 bits per heavy atom. The van der Waals surface area contributed by atoms with Crippen molar-refractivity contribution in [2.75, 3.05) is 33.1 Å². The molecule has 2 amide bonds. The molecular weight excluding hydrogens is 460 g/mol. The Balaban J connectivity index is 2.01. The maximum absolute atomic E-state index is 12.3. The van der Waals surface area contributed by atoms with E-state index in [1.807, 2.05) is 19.1 Å². The van der Waals surface area contributed by atoms with Gasteiger partial charge in [-0.1, -0.05) is 27.5 Å². The van der Waals surface area contributed by atoms with Crippen molar-refractivity contribution < 1.29 is 19.1 Å². The van der Waals surface area contributed by atoms with Crippen molar-refractivity contribution in [3.05, 3.63) is 57.0 Å². The number of hydrogen-bond acceptors (Lipinski definition) is 4. The summed E-state index contributed by atoms with van der Waals surface area (Å²) in [5.41, 5.74) is 2.30. The van der Waals surface area contributed by atoms with Crippen LogP contribution in [-0.2, 0) is 9.59 Å². The summed E-state index contributed by atoms with van der Waals surface area (Å²) in [6, 6.07) is 8.92. The van der Waals surface area contributed by atoms with Crippen molar-refractivity contribution in [3.63, 3.8) is 0 Å². The van der Waals surface area contributed by atoms with Crippen LogP contribution >= 0.6 is 27.5 Å². The van der Waals surface area contributed by atoms with E-state index in [0.717, 1.165) is 10.0 Å². The van der Waals surface area contributed by atoms with Gasteiger partial charge < -0.3 is 19.7 Å². The molecule has 0 atom stereocenters. The first-order chi connectivity index (χ1) is 13.7. The van der Waals surface area contributed by atoms with Crippen molar-refractivity contribution in [1.82, 2.24) is 4.90 Å². The number of amides is 2. The maximum atomic E-state index is 12.3. The number of nitrogens with zero attached hydrogens (tertiary/aromatic N) is 1. The molecule has 2 rings (SSSR count). The van der Waals surface area contributed by atoms with Crippen LogP contribution in [0, 0.1) is 6.92 Å². The number of ether oxygens (including phenoxy) is 2. The Hall–Kier alpha value is -2.51. The molecule has 0 spiro atoms. The molecule has 154 valence electrons. The molecule has 1 N–H and O–H groups in total. The fraction of sp³-hybridized carbons (Fsp3) is 0.238. The zero-order chi connectivity index (χ0) is 21.6. The van der Waals surface area contributed by atoms with Crippen LogP contribution in [0.4, 0.5) is 5.69 Å². The first-order valence-electron chi connectivity index (χ1n) is 8.65. The van der Waals surface area contributed by atoms with Crippen LogP contribution in [0.15, 0.2) is 40.9 Å². The highest BCUT2D eigenvalue weighted by molar-refractivity contribution is 9.10. The van der Waals surface area contributed by atoms with Gasteiger partial charge in [0.25, 0.3) is 0 Å². The van der Waals surface area contributed by atoms with Gasteiger partial charge in [0, 0.05) is 23.3 Å². The molecular formula is C21H22BrClN2O4. The topological polar surface area (TPSA) is 67.9 Å². The molecule has 29 heavy (non-hydrogen) atoms. The van der Waals surface area contributed by atoms with Crippen LogP contribution in [0.25, 0.3) is 6.08 Å². The summed E-state index contributed by atoms with van der Waals surface area (Å²) >= 11 is 9.55. The molecule has 2 aromatic rings. The summed E-state index contributed by atoms with van der Waals surface area (Å²) in [5, 5.41) is 3.18. The van der Waals surface area contributed by atoms with Gasteiger partial charge in [0.05, 0.1) is 25.8 Å². The summed E-state index contributed by atoms with van der Waals surface area (Å²) in [4.78, 5) is 25.9. The van der Waals surface area contributed by atoms with Crippen molar-refractivity contribution >= 4 is 51.1 Å². The van der Waals surface area contributed by atoms with Crippen LogP contribution in [0.5, 0.6) is 11.5 Å². The molecule has 0 aliphatic rings. The Morgan fingerprint density at radius 2 is 1.93 bits per heavy atom. The summed E-state index contributed by atoms with van der Waals surface area (Å²) in [7, 11) is 4.56. The summed E-state index contributed by atoms with van der Waals surface area (Å²) in [6.07, 6.45) is 2.97. The SMILES string of the molecule is COc1cc(C=CC(=O)N(C)CC(=O)Nc2ccc(Br)cc2C)cc(Cl)c1OC. The molecule has 0 saturated heterocycles. The van der Waals surface area contributed by atoms with Gasteiger partial charge in [0.2, 0.25) is 11.8 Å². The van der Waals surface area contributed by atoms with Gasteiger partial charge in [0.15, 0.2) is 11.5 Å². The average Bonchev–Trinajstić information content (AvgIpc) is 2.67. The van der Waals surface area contributed by atoms with E-state index >= 15 is 0 Å². The molecule has 0 bridgehead atoms. The molecule has 0 unspecified atom stereocenters. The largest absolute Gasteiger partial charge is 0.493 e.